The molecule has 0 heterocycles. The average Bonchev–Trinajstić information content (AvgIpc) is 2.24. The smallest absolute Gasteiger partial charge is 0.407 e. The summed E-state index contributed by atoms with van der Waals surface area (Å²) in [6.45, 7) is 7.99. The molecule has 1 rings (SSSR count). The number of phenols is 1. The summed E-state index contributed by atoms with van der Waals surface area (Å²) in [5.41, 5.74) is 0.579. The Morgan fingerprint density at radius 1 is 1.33 bits per heavy atom. The van der Waals surface area contributed by atoms with Gasteiger partial charge >= 0.3 is 6.09 Å². The van der Waals surface area contributed by atoms with Gasteiger partial charge in [0.15, 0.2) is 0 Å². The lowest BCUT2D eigenvalue weighted by molar-refractivity contribution is 0.0525. The highest BCUT2D eigenvalue weighted by Gasteiger charge is 2.16. The minimum Gasteiger partial charge on any atom is -0.508 e. The molecule has 0 saturated carbocycles. The lowest BCUT2D eigenvalue weighted by Crippen LogP contribution is -2.34. The Balaban J connectivity index is 2.44. The molecule has 1 aromatic carbocycles. The van der Waals surface area contributed by atoms with Gasteiger partial charge in [0.1, 0.15) is 11.4 Å². The summed E-state index contributed by atoms with van der Waals surface area (Å²) in [6, 6.07) is 6.96. The second-order valence-electron chi connectivity index (χ2n) is 5.38. The molecule has 0 aliphatic rings. The Morgan fingerprint density at radius 3 is 2.39 bits per heavy atom. The first kappa shape index (κ1) is 14.4. The lowest BCUT2D eigenvalue weighted by Gasteiger charge is -2.21. The van der Waals surface area contributed by atoms with E-state index in [2.05, 4.69) is 5.32 Å². The molecule has 0 saturated heterocycles. The molecule has 1 atom stereocenters. The first-order valence-corrected chi connectivity index (χ1v) is 6.04. The van der Waals surface area contributed by atoms with Gasteiger partial charge in [-0.15, -0.1) is 0 Å². The summed E-state index contributed by atoms with van der Waals surface area (Å²) in [5.74, 6) is 0.407. The van der Waals surface area contributed by atoms with E-state index in [1.807, 2.05) is 39.8 Å². The van der Waals surface area contributed by atoms with Crippen molar-refractivity contribution in [1.82, 2.24) is 5.32 Å². The number of rotatable bonds is 3. The van der Waals surface area contributed by atoms with Crippen LogP contribution in [0.25, 0.3) is 0 Å². The van der Waals surface area contributed by atoms with Crippen molar-refractivity contribution in [3.63, 3.8) is 0 Å². The molecular weight excluding hydrogens is 230 g/mol. The fraction of sp³-hybridized carbons (Fsp3) is 0.500. The zero-order chi connectivity index (χ0) is 13.8. The number of aromatic hydroxyl groups is 1. The predicted octanol–water partition coefficient (Wildman–Crippen LogP) is 3.02. The Hall–Kier alpha value is -1.71. The normalized spacial score (nSPS) is 12.9. The van der Waals surface area contributed by atoms with E-state index >= 15 is 0 Å². The van der Waals surface area contributed by atoms with Crippen molar-refractivity contribution < 1.29 is 14.6 Å². The molecule has 0 aromatic heterocycles. The number of amides is 1. The van der Waals surface area contributed by atoms with Crippen molar-refractivity contribution in [3.05, 3.63) is 29.8 Å². The quantitative estimate of drug-likeness (QED) is 0.868. The number of carbonyl (C=O) groups is 1. The summed E-state index contributed by atoms with van der Waals surface area (Å²) in [7, 11) is 0. The molecule has 1 aromatic rings. The first-order valence-electron chi connectivity index (χ1n) is 6.04. The van der Waals surface area contributed by atoms with E-state index in [0.717, 1.165) is 5.56 Å². The highest BCUT2D eigenvalue weighted by molar-refractivity contribution is 5.67. The van der Waals surface area contributed by atoms with Crippen LogP contribution < -0.4 is 5.32 Å². The maximum Gasteiger partial charge on any atom is 0.407 e. The van der Waals surface area contributed by atoms with Gasteiger partial charge < -0.3 is 15.2 Å². The standard InChI is InChI=1S/C14H21NO3/c1-10(11-5-7-12(16)8-6-11)9-15-13(17)18-14(2,3)4/h5-8,10,16H,9H2,1-4H3,(H,15,17). The van der Waals surface area contributed by atoms with Crippen molar-refractivity contribution in [2.75, 3.05) is 6.54 Å². The summed E-state index contributed by atoms with van der Waals surface area (Å²) in [5, 5.41) is 11.9. The van der Waals surface area contributed by atoms with Crippen LogP contribution >= 0.6 is 0 Å². The summed E-state index contributed by atoms with van der Waals surface area (Å²) in [4.78, 5) is 11.5. The minimum atomic E-state index is -0.480. The van der Waals surface area contributed by atoms with Crippen LogP contribution in [0.15, 0.2) is 24.3 Å². The van der Waals surface area contributed by atoms with Crippen molar-refractivity contribution in [3.8, 4) is 5.75 Å². The van der Waals surface area contributed by atoms with Gasteiger partial charge in [-0.3, -0.25) is 0 Å². The number of hydrogen-bond acceptors (Lipinski definition) is 3. The molecule has 0 aliphatic carbocycles. The van der Waals surface area contributed by atoms with Gasteiger partial charge in [0.25, 0.3) is 0 Å². The fourth-order valence-electron chi connectivity index (χ4n) is 1.47. The van der Waals surface area contributed by atoms with Gasteiger partial charge in [0.2, 0.25) is 0 Å². The van der Waals surface area contributed by atoms with Crippen LogP contribution in [-0.2, 0) is 4.74 Å². The fourth-order valence-corrected chi connectivity index (χ4v) is 1.47. The van der Waals surface area contributed by atoms with Crippen LogP contribution in [0, 0.1) is 0 Å². The molecular formula is C14H21NO3. The van der Waals surface area contributed by atoms with Gasteiger partial charge in [-0.2, -0.15) is 0 Å². The summed E-state index contributed by atoms with van der Waals surface area (Å²) >= 11 is 0. The highest BCUT2D eigenvalue weighted by atomic mass is 16.6. The number of carbonyl (C=O) groups excluding carboxylic acids is 1. The zero-order valence-corrected chi connectivity index (χ0v) is 11.4. The van der Waals surface area contributed by atoms with E-state index in [1.165, 1.54) is 0 Å². The third-order valence-electron chi connectivity index (χ3n) is 2.41. The predicted molar refractivity (Wildman–Crippen MR) is 70.8 cm³/mol. The van der Waals surface area contributed by atoms with E-state index in [0.29, 0.717) is 6.54 Å². The Morgan fingerprint density at radius 2 is 1.89 bits per heavy atom. The Labute approximate surface area is 108 Å². The average molecular weight is 251 g/mol. The maximum absolute atomic E-state index is 11.5. The summed E-state index contributed by atoms with van der Waals surface area (Å²) < 4.78 is 5.15. The lowest BCUT2D eigenvalue weighted by atomic mass is 10.0. The maximum atomic E-state index is 11.5. The molecule has 100 valence electrons. The molecule has 0 fully saturated rings. The number of ether oxygens (including phenoxy) is 1. The van der Waals surface area contributed by atoms with Crippen LogP contribution in [0.5, 0.6) is 5.75 Å². The van der Waals surface area contributed by atoms with E-state index in [1.54, 1.807) is 12.1 Å². The monoisotopic (exact) mass is 251 g/mol. The van der Waals surface area contributed by atoms with E-state index in [9.17, 15) is 9.90 Å². The van der Waals surface area contributed by atoms with Gasteiger partial charge in [-0.05, 0) is 44.4 Å². The van der Waals surface area contributed by atoms with Gasteiger partial charge in [0.05, 0.1) is 0 Å². The van der Waals surface area contributed by atoms with Crippen molar-refractivity contribution in [1.29, 1.82) is 0 Å². The molecule has 4 nitrogen and oxygen atoms in total. The van der Waals surface area contributed by atoms with Gasteiger partial charge in [-0.1, -0.05) is 19.1 Å². The molecule has 0 spiro atoms. The first-order chi connectivity index (χ1) is 8.28. The molecule has 4 heteroatoms. The van der Waals surface area contributed by atoms with Crippen molar-refractivity contribution in [2.24, 2.45) is 0 Å². The number of alkyl carbamates (subject to hydrolysis) is 1. The number of nitrogens with one attached hydrogen (secondary N) is 1. The molecule has 18 heavy (non-hydrogen) atoms. The van der Waals surface area contributed by atoms with Crippen molar-refractivity contribution >= 4 is 6.09 Å². The molecule has 1 unspecified atom stereocenters. The molecule has 2 N–H and O–H groups in total. The minimum absolute atomic E-state index is 0.165. The van der Waals surface area contributed by atoms with Crippen LogP contribution in [0.4, 0.5) is 4.79 Å². The molecule has 0 bridgehead atoms. The number of hydrogen-bond donors (Lipinski definition) is 2. The number of benzene rings is 1. The highest BCUT2D eigenvalue weighted by Crippen LogP contribution is 2.17. The van der Waals surface area contributed by atoms with Crippen LogP contribution in [0.2, 0.25) is 0 Å². The van der Waals surface area contributed by atoms with Crippen LogP contribution in [0.3, 0.4) is 0 Å². The third kappa shape index (κ3) is 5.08. The molecule has 0 radical (unpaired) electrons. The third-order valence-corrected chi connectivity index (χ3v) is 2.41. The summed E-state index contributed by atoms with van der Waals surface area (Å²) in [6.07, 6.45) is -0.409. The molecule has 0 aliphatic heterocycles. The van der Waals surface area contributed by atoms with E-state index in [4.69, 9.17) is 4.74 Å². The van der Waals surface area contributed by atoms with E-state index < -0.39 is 11.7 Å². The topological polar surface area (TPSA) is 58.6 Å². The van der Waals surface area contributed by atoms with Crippen LogP contribution in [-0.4, -0.2) is 23.3 Å². The Kier molecular flexibility index (Phi) is 4.59. The largest absolute Gasteiger partial charge is 0.508 e. The van der Waals surface area contributed by atoms with E-state index in [-0.39, 0.29) is 11.7 Å². The number of phenolic OH excluding ortho intramolecular Hbond substituents is 1. The second-order valence-corrected chi connectivity index (χ2v) is 5.38. The van der Waals surface area contributed by atoms with Gasteiger partial charge in [0, 0.05) is 6.54 Å². The zero-order valence-electron chi connectivity index (χ0n) is 11.4. The van der Waals surface area contributed by atoms with Crippen molar-refractivity contribution in [2.45, 2.75) is 39.2 Å². The van der Waals surface area contributed by atoms with Gasteiger partial charge in [-0.25, -0.2) is 4.79 Å². The molecule has 1 amide bonds. The second kappa shape index (κ2) is 5.76. The Bertz CT molecular complexity index is 392. The SMILES string of the molecule is CC(CNC(=O)OC(C)(C)C)c1ccc(O)cc1. The van der Waals surface area contributed by atoms with Crippen LogP contribution in [0.1, 0.15) is 39.2 Å².